The zero-order chi connectivity index (χ0) is 17.8. The zero-order valence-electron chi connectivity index (χ0n) is 14.2. The molecule has 25 heavy (non-hydrogen) atoms. The maximum atomic E-state index is 12.4. The van der Waals surface area contributed by atoms with Crippen molar-refractivity contribution in [3.8, 4) is 0 Å². The van der Waals surface area contributed by atoms with Crippen LogP contribution >= 0.6 is 0 Å². The molecule has 0 aromatic heterocycles. The van der Waals surface area contributed by atoms with Crippen molar-refractivity contribution in [2.45, 2.75) is 20.0 Å². The fourth-order valence-electron chi connectivity index (χ4n) is 2.51. The van der Waals surface area contributed by atoms with Crippen molar-refractivity contribution in [1.82, 2.24) is 0 Å². The van der Waals surface area contributed by atoms with Gasteiger partial charge in [0.25, 0.3) is 5.91 Å². The van der Waals surface area contributed by atoms with Crippen molar-refractivity contribution in [3.05, 3.63) is 77.9 Å². The Balaban J connectivity index is 1.72. The third-order valence-electron chi connectivity index (χ3n) is 3.73. The molecule has 1 N–H and O–H groups in total. The van der Waals surface area contributed by atoms with Gasteiger partial charge in [0.05, 0.1) is 11.7 Å². The van der Waals surface area contributed by atoms with Gasteiger partial charge in [-0.25, -0.2) is 4.79 Å². The number of fused-ring (bicyclic) bond motifs is 1. The third-order valence-corrected chi connectivity index (χ3v) is 3.73. The first kappa shape index (κ1) is 16.7. The van der Waals surface area contributed by atoms with Gasteiger partial charge in [-0.1, -0.05) is 30.3 Å². The van der Waals surface area contributed by atoms with Gasteiger partial charge in [-0.3, -0.25) is 4.79 Å². The summed E-state index contributed by atoms with van der Waals surface area (Å²) in [5.74, 6) is -0.564. The predicted molar refractivity (Wildman–Crippen MR) is 98.9 cm³/mol. The highest BCUT2D eigenvalue weighted by molar-refractivity contribution is 6.06. The van der Waals surface area contributed by atoms with E-state index in [1.54, 1.807) is 44.2 Å². The Morgan fingerprint density at radius 1 is 0.840 bits per heavy atom. The molecule has 0 saturated heterocycles. The summed E-state index contributed by atoms with van der Waals surface area (Å²) in [6.07, 6.45) is -0.167. The van der Waals surface area contributed by atoms with Crippen molar-refractivity contribution in [3.63, 3.8) is 0 Å². The standard InChI is InChI=1S/C21H19NO3/c1-14(2)25-21(24)16-9-11-19(12-10-16)22-20(23)18-8-7-15-5-3-4-6-17(15)13-18/h3-14H,1-2H3,(H,22,23). The van der Waals surface area contributed by atoms with Gasteiger partial charge in [0.15, 0.2) is 0 Å². The quantitative estimate of drug-likeness (QED) is 0.707. The summed E-state index contributed by atoms with van der Waals surface area (Å²) < 4.78 is 5.14. The topological polar surface area (TPSA) is 55.4 Å². The molecule has 3 aromatic carbocycles. The van der Waals surface area contributed by atoms with E-state index in [-0.39, 0.29) is 18.0 Å². The summed E-state index contributed by atoms with van der Waals surface area (Å²) in [6, 6.07) is 20.1. The Bertz CT molecular complexity index is 914. The van der Waals surface area contributed by atoms with Crippen LogP contribution in [0.1, 0.15) is 34.6 Å². The van der Waals surface area contributed by atoms with Gasteiger partial charge in [0.2, 0.25) is 0 Å². The Hall–Kier alpha value is -3.14. The number of hydrogen-bond acceptors (Lipinski definition) is 3. The van der Waals surface area contributed by atoms with E-state index in [9.17, 15) is 9.59 Å². The maximum Gasteiger partial charge on any atom is 0.338 e. The number of carbonyl (C=O) groups is 2. The van der Waals surface area contributed by atoms with Gasteiger partial charge >= 0.3 is 5.97 Å². The van der Waals surface area contributed by atoms with Gasteiger partial charge < -0.3 is 10.1 Å². The molecule has 0 saturated carbocycles. The second kappa shape index (κ2) is 7.18. The Kier molecular flexibility index (Phi) is 4.80. The van der Waals surface area contributed by atoms with Crippen molar-refractivity contribution in [2.75, 3.05) is 5.32 Å². The number of ether oxygens (including phenoxy) is 1. The average molecular weight is 333 g/mol. The molecular weight excluding hydrogens is 314 g/mol. The lowest BCUT2D eigenvalue weighted by Gasteiger charge is -2.09. The summed E-state index contributed by atoms with van der Waals surface area (Å²) in [6.45, 7) is 3.60. The fraction of sp³-hybridized carbons (Fsp3) is 0.143. The molecule has 0 heterocycles. The Morgan fingerprint density at radius 2 is 1.48 bits per heavy atom. The predicted octanol–water partition coefficient (Wildman–Crippen LogP) is 4.66. The molecule has 0 aliphatic carbocycles. The second-order valence-electron chi connectivity index (χ2n) is 6.05. The van der Waals surface area contributed by atoms with Crippen LogP contribution in [0.5, 0.6) is 0 Å². The zero-order valence-corrected chi connectivity index (χ0v) is 14.2. The number of amides is 1. The normalized spacial score (nSPS) is 10.7. The highest BCUT2D eigenvalue weighted by Gasteiger charge is 2.10. The van der Waals surface area contributed by atoms with Crippen LogP contribution in [0.4, 0.5) is 5.69 Å². The molecule has 0 atom stereocenters. The second-order valence-corrected chi connectivity index (χ2v) is 6.05. The SMILES string of the molecule is CC(C)OC(=O)c1ccc(NC(=O)c2ccc3ccccc3c2)cc1. The smallest absolute Gasteiger partial charge is 0.338 e. The number of carbonyl (C=O) groups excluding carboxylic acids is 2. The van der Waals surface area contributed by atoms with Gasteiger partial charge in [-0.15, -0.1) is 0 Å². The highest BCUT2D eigenvalue weighted by Crippen LogP contribution is 2.17. The summed E-state index contributed by atoms with van der Waals surface area (Å²) >= 11 is 0. The number of nitrogens with one attached hydrogen (secondary N) is 1. The minimum Gasteiger partial charge on any atom is -0.459 e. The third kappa shape index (κ3) is 4.04. The number of anilines is 1. The van der Waals surface area contributed by atoms with E-state index in [0.29, 0.717) is 16.8 Å². The first-order chi connectivity index (χ1) is 12.0. The molecule has 0 spiro atoms. The summed E-state index contributed by atoms with van der Waals surface area (Å²) in [5, 5.41) is 4.94. The Labute approximate surface area is 146 Å². The summed E-state index contributed by atoms with van der Waals surface area (Å²) in [5.41, 5.74) is 1.67. The van der Waals surface area contributed by atoms with Crippen molar-refractivity contribution in [2.24, 2.45) is 0 Å². The van der Waals surface area contributed by atoms with Gasteiger partial charge in [-0.05, 0) is 61.0 Å². The van der Waals surface area contributed by atoms with E-state index < -0.39 is 0 Å². The molecule has 0 unspecified atom stereocenters. The molecule has 0 fully saturated rings. The number of benzene rings is 3. The Morgan fingerprint density at radius 3 is 2.16 bits per heavy atom. The molecule has 0 aliphatic rings. The van der Waals surface area contributed by atoms with Crippen LogP contribution in [0.2, 0.25) is 0 Å². The monoisotopic (exact) mass is 333 g/mol. The van der Waals surface area contributed by atoms with Crippen LogP contribution < -0.4 is 5.32 Å². The molecule has 3 aromatic rings. The van der Waals surface area contributed by atoms with Gasteiger partial charge in [-0.2, -0.15) is 0 Å². The minimum absolute atomic E-state index is 0.167. The molecule has 126 valence electrons. The number of rotatable bonds is 4. The van der Waals surface area contributed by atoms with E-state index in [0.717, 1.165) is 10.8 Å². The number of esters is 1. The first-order valence-electron chi connectivity index (χ1n) is 8.14. The minimum atomic E-state index is -0.373. The lowest BCUT2D eigenvalue weighted by atomic mass is 10.1. The van der Waals surface area contributed by atoms with Crippen molar-refractivity contribution < 1.29 is 14.3 Å². The largest absolute Gasteiger partial charge is 0.459 e. The van der Waals surface area contributed by atoms with Crippen LogP contribution in [-0.2, 0) is 4.74 Å². The van der Waals surface area contributed by atoms with Gasteiger partial charge in [0, 0.05) is 11.3 Å². The van der Waals surface area contributed by atoms with Crippen LogP contribution in [0.15, 0.2) is 66.7 Å². The lowest BCUT2D eigenvalue weighted by Crippen LogP contribution is -2.13. The van der Waals surface area contributed by atoms with E-state index >= 15 is 0 Å². The fourth-order valence-corrected chi connectivity index (χ4v) is 2.51. The molecule has 0 aliphatic heterocycles. The lowest BCUT2D eigenvalue weighted by molar-refractivity contribution is 0.0378. The van der Waals surface area contributed by atoms with E-state index in [1.807, 2.05) is 36.4 Å². The van der Waals surface area contributed by atoms with E-state index in [4.69, 9.17) is 4.74 Å². The summed E-state index contributed by atoms with van der Waals surface area (Å²) in [4.78, 5) is 24.2. The number of hydrogen-bond donors (Lipinski definition) is 1. The van der Waals surface area contributed by atoms with Crippen molar-refractivity contribution >= 4 is 28.3 Å². The van der Waals surface area contributed by atoms with E-state index in [2.05, 4.69) is 5.32 Å². The molecule has 0 radical (unpaired) electrons. The first-order valence-corrected chi connectivity index (χ1v) is 8.14. The maximum absolute atomic E-state index is 12.4. The average Bonchev–Trinajstić information content (AvgIpc) is 2.61. The molecule has 1 amide bonds. The molecule has 3 rings (SSSR count). The van der Waals surface area contributed by atoms with Crippen LogP contribution in [0, 0.1) is 0 Å². The van der Waals surface area contributed by atoms with Crippen LogP contribution in [0.3, 0.4) is 0 Å². The molecular formula is C21H19NO3. The molecule has 0 bridgehead atoms. The molecule has 4 nitrogen and oxygen atoms in total. The van der Waals surface area contributed by atoms with Crippen LogP contribution in [0.25, 0.3) is 10.8 Å². The van der Waals surface area contributed by atoms with E-state index in [1.165, 1.54) is 0 Å². The van der Waals surface area contributed by atoms with Gasteiger partial charge in [0.1, 0.15) is 0 Å². The van der Waals surface area contributed by atoms with Crippen molar-refractivity contribution in [1.29, 1.82) is 0 Å². The highest BCUT2D eigenvalue weighted by atomic mass is 16.5. The molecule has 4 heteroatoms. The van der Waals surface area contributed by atoms with Crippen LogP contribution in [-0.4, -0.2) is 18.0 Å². The summed E-state index contributed by atoms with van der Waals surface area (Å²) in [7, 11) is 0.